The lowest BCUT2D eigenvalue weighted by Gasteiger charge is -2.27. The maximum Gasteiger partial charge on any atom is 0.410 e. The summed E-state index contributed by atoms with van der Waals surface area (Å²) in [6, 6.07) is 10.3. The number of ether oxygens (including phenoxy) is 2. The Balaban J connectivity index is 1.71. The third-order valence-corrected chi connectivity index (χ3v) is 4.96. The van der Waals surface area contributed by atoms with Gasteiger partial charge in [-0.25, -0.2) is 4.79 Å². The zero-order chi connectivity index (χ0) is 22.0. The summed E-state index contributed by atoms with van der Waals surface area (Å²) in [7, 11) is 1.80. The van der Waals surface area contributed by atoms with E-state index in [9.17, 15) is 4.79 Å². The molecule has 0 saturated carbocycles. The normalized spacial score (nSPS) is 17.2. The lowest BCUT2D eigenvalue weighted by atomic mass is 10.1. The second-order valence-electron chi connectivity index (χ2n) is 8.64. The Morgan fingerprint density at radius 2 is 2.03 bits per heavy atom. The maximum atomic E-state index is 12.3. The Kier molecular flexibility index (Phi) is 9.43. The number of rotatable bonds is 8. The highest BCUT2D eigenvalue weighted by atomic mass is 16.6. The van der Waals surface area contributed by atoms with Crippen molar-refractivity contribution in [3.63, 3.8) is 0 Å². The molecule has 1 heterocycles. The minimum absolute atomic E-state index is 0.279. The van der Waals surface area contributed by atoms with Crippen molar-refractivity contribution in [1.82, 2.24) is 15.1 Å². The van der Waals surface area contributed by atoms with E-state index >= 15 is 0 Å². The topological polar surface area (TPSA) is 66.4 Å². The van der Waals surface area contributed by atoms with Crippen LogP contribution >= 0.6 is 0 Å². The molecule has 0 radical (unpaired) electrons. The summed E-state index contributed by atoms with van der Waals surface area (Å²) in [5, 5.41) is 3.38. The van der Waals surface area contributed by atoms with Gasteiger partial charge in [0.2, 0.25) is 0 Å². The van der Waals surface area contributed by atoms with Gasteiger partial charge in [-0.1, -0.05) is 30.3 Å². The first-order valence-electron chi connectivity index (χ1n) is 10.9. The van der Waals surface area contributed by atoms with E-state index in [1.54, 1.807) is 11.9 Å². The highest BCUT2D eigenvalue weighted by Crippen LogP contribution is 2.17. The zero-order valence-corrected chi connectivity index (χ0v) is 19.2. The monoisotopic (exact) mass is 418 g/mol. The van der Waals surface area contributed by atoms with Crippen LogP contribution in [0.4, 0.5) is 4.79 Å². The molecule has 2 rings (SSSR count). The smallest absolute Gasteiger partial charge is 0.410 e. The number of benzene rings is 1. The van der Waals surface area contributed by atoms with Crippen molar-refractivity contribution >= 4 is 12.1 Å². The van der Waals surface area contributed by atoms with Gasteiger partial charge in [-0.15, -0.1) is 0 Å². The van der Waals surface area contributed by atoms with Crippen LogP contribution < -0.4 is 5.32 Å². The van der Waals surface area contributed by atoms with Crippen LogP contribution in [-0.4, -0.2) is 73.8 Å². The van der Waals surface area contributed by atoms with E-state index in [0.717, 1.165) is 32.1 Å². The first kappa shape index (κ1) is 24.0. The molecule has 1 atom stereocenters. The van der Waals surface area contributed by atoms with Gasteiger partial charge in [0.25, 0.3) is 0 Å². The number of aliphatic imine (C=N–C) groups is 1. The summed E-state index contributed by atoms with van der Waals surface area (Å²) in [6.45, 7) is 12.7. The molecule has 168 valence electrons. The number of guanidine groups is 1. The van der Waals surface area contributed by atoms with Gasteiger partial charge < -0.3 is 24.6 Å². The van der Waals surface area contributed by atoms with Gasteiger partial charge >= 0.3 is 6.09 Å². The highest BCUT2D eigenvalue weighted by molar-refractivity contribution is 5.80. The summed E-state index contributed by atoms with van der Waals surface area (Å²) in [6.07, 6.45) is 0.813. The van der Waals surface area contributed by atoms with Crippen LogP contribution in [0.2, 0.25) is 0 Å². The molecule has 0 aliphatic carbocycles. The molecule has 0 spiro atoms. The fraction of sp³-hybridized carbons (Fsp3) is 0.652. The van der Waals surface area contributed by atoms with Crippen molar-refractivity contribution in [3.05, 3.63) is 35.9 Å². The first-order chi connectivity index (χ1) is 14.3. The van der Waals surface area contributed by atoms with Gasteiger partial charge in [-0.3, -0.25) is 4.99 Å². The molecular weight excluding hydrogens is 380 g/mol. The van der Waals surface area contributed by atoms with Crippen molar-refractivity contribution < 1.29 is 14.3 Å². The van der Waals surface area contributed by atoms with E-state index in [1.807, 2.05) is 45.9 Å². The average molecular weight is 419 g/mol. The predicted octanol–water partition coefficient (Wildman–Crippen LogP) is 3.36. The van der Waals surface area contributed by atoms with Crippen molar-refractivity contribution in [2.75, 3.05) is 46.4 Å². The standard InChI is InChI=1S/C23H38N4O3/c1-6-26(22(28)30-23(2,3)4)15-13-25-21(24-5)27-14-12-20(16-27)18-29-17-19-10-8-7-9-11-19/h7-11,20H,6,12-18H2,1-5H3,(H,24,25). The maximum absolute atomic E-state index is 12.3. The van der Waals surface area contributed by atoms with E-state index in [2.05, 4.69) is 27.3 Å². The number of likely N-dealkylation sites (N-methyl/N-ethyl adjacent to an activating group) is 1. The number of likely N-dealkylation sites (tertiary alicyclic amines) is 1. The molecule has 1 fully saturated rings. The summed E-state index contributed by atoms with van der Waals surface area (Å²) in [5.41, 5.74) is 0.719. The summed E-state index contributed by atoms with van der Waals surface area (Å²) >= 11 is 0. The second kappa shape index (κ2) is 11.8. The number of nitrogens with zero attached hydrogens (tertiary/aromatic N) is 3. The fourth-order valence-corrected chi connectivity index (χ4v) is 3.42. The number of nitrogens with one attached hydrogen (secondary N) is 1. The van der Waals surface area contributed by atoms with E-state index < -0.39 is 5.60 Å². The largest absolute Gasteiger partial charge is 0.444 e. The van der Waals surface area contributed by atoms with Crippen LogP contribution in [0.25, 0.3) is 0 Å². The van der Waals surface area contributed by atoms with Crippen LogP contribution in [-0.2, 0) is 16.1 Å². The van der Waals surface area contributed by atoms with Gasteiger partial charge in [-0.2, -0.15) is 0 Å². The quantitative estimate of drug-likeness (QED) is 0.518. The number of hydrogen-bond donors (Lipinski definition) is 1. The van der Waals surface area contributed by atoms with Gasteiger partial charge in [0.05, 0.1) is 13.2 Å². The minimum atomic E-state index is -0.485. The van der Waals surface area contributed by atoms with E-state index in [-0.39, 0.29) is 6.09 Å². The Bertz CT molecular complexity index is 673. The zero-order valence-electron chi connectivity index (χ0n) is 19.2. The second-order valence-corrected chi connectivity index (χ2v) is 8.64. The van der Waals surface area contributed by atoms with Crippen molar-refractivity contribution in [2.45, 2.75) is 46.3 Å². The predicted molar refractivity (Wildman–Crippen MR) is 121 cm³/mol. The number of amides is 1. The van der Waals surface area contributed by atoms with Gasteiger partial charge in [-0.05, 0) is 39.7 Å². The molecule has 1 N–H and O–H groups in total. The molecule has 1 aliphatic heterocycles. The molecule has 0 bridgehead atoms. The van der Waals surface area contributed by atoms with Crippen molar-refractivity contribution in [3.8, 4) is 0 Å². The first-order valence-corrected chi connectivity index (χ1v) is 10.9. The molecule has 30 heavy (non-hydrogen) atoms. The van der Waals surface area contributed by atoms with Crippen LogP contribution in [0.5, 0.6) is 0 Å². The minimum Gasteiger partial charge on any atom is -0.444 e. The third-order valence-electron chi connectivity index (χ3n) is 4.96. The molecule has 1 amide bonds. The molecule has 1 aromatic rings. The van der Waals surface area contributed by atoms with Crippen LogP contribution in [0, 0.1) is 5.92 Å². The van der Waals surface area contributed by atoms with Gasteiger partial charge in [0.15, 0.2) is 5.96 Å². The molecule has 7 nitrogen and oxygen atoms in total. The molecule has 7 heteroatoms. The molecule has 1 saturated heterocycles. The number of hydrogen-bond acceptors (Lipinski definition) is 4. The van der Waals surface area contributed by atoms with Crippen molar-refractivity contribution in [1.29, 1.82) is 0 Å². The number of carbonyl (C=O) groups excluding carboxylic acids is 1. The molecule has 1 aromatic carbocycles. The molecule has 1 aliphatic rings. The van der Waals surface area contributed by atoms with Crippen LogP contribution in [0.1, 0.15) is 39.7 Å². The average Bonchev–Trinajstić information content (AvgIpc) is 3.16. The van der Waals surface area contributed by atoms with E-state index in [0.29, 0.717) is 32.2 Å². The lowest BCUT2D eigenvalue weighted by molar-refractivity contribution is 0.0263. The van der Waals surface area contributed by atoms with E-state index in [1.165, 1.54) is 5.56 Å². The van der Waals surface area contributed by atoms with E-state index in [4.69, 9.17) is 9.47 Å². The third kappa shape index (κ3) is 8.22. The summed E-state index contributed by atoms with van der Waals surface area (Å²) in [5.74, 6) is 1.38. The van der Waals surface area contributed by atoms with Crippen molar-refractivity contribution in [2.24, 2.45) is 10.9 Å². The SMILES string of the molecule is CCN(CCNC(=NC)N1CCC(COCc2ccccc2)C1)C(=O)OC(C)(C)C. The fourth-order valence-electron chi connectivity index (χ4n) is 3.42. The molecular formula is C23H38N4O3. The molecule has 1 unspecified atom stereocenters. The summed E-state index contributed by atoms with van der Waals surface area (Å²) < 4.78 is 11.4. The molecule has 0 aromatic heterocycles. The Hall–Kier alpha value is -2.28. The summed E-state index contributed by atoms with van der Waals surface area (Å²) in [4.78, 5) is 20.6. The highest BCUT2D eigenvalue weighted by Gasteiger charge is 2.25. The van der Waals surface area contributed by atoms with Crippen LogP contribution in [0.3, 0.4) is 0 Å². The number of carbonyl (C=O) groups is 1. The Morgan fingerprint density at radius 1 is 1.30 bits per heavy atom. The van der Waals surface area contributed by atoms with Crippen LogP contribution in [0.15, 0.2) is 35.3 Å². The Labute approximate surface area is 181 Å². The Morgan fingerprint density at radius 3 is 2.67 bits per heavy atom. The lowest BCUT2D eigenvalue weighted by Crippen LogP contribution is -2.45. The van der Waals surface area contributed by atoms with Gasteiger partial charge in [0.1, 0.15) is 5.60 Å². The van der Waals surface area contributed by atoms with Gasteiger partial charge in [0, 0.05) is 45.7 Å².